The summed E-state index contributed by atoms with van der Waals surface area (Å²) in [4.78, 5) is 24.6. The number of carbonyl (C=O) groups is 2. The monoisotopic (exact) mass is 276 g/mol. The largest absolute Gasteiger partial charge is 0.481 e. The predicted octanol–water partition coefficient (Wildman–Crippen LogP) is 2.72. The van der Waals surface area contributed by atoms with E-state index in [9.17, 15) is 9.59 Å². The molecule has 0 aliphatic heterocycles. The Morgan fingerprint density at radius 3 is 2.45 bits per heavy atom. The highest BCUT2D eigenvalue weighted by Gasteiger charge is 2.31. The number of nitrogens with zero attached hydrogens (tertiary/aromatic N) is 1. The molecule has 1 fully saturated rings. The van der Waals surface area contributed by atoms with Crippen LogP contribution in [0.15, 0.2) is 24.3 Å². The van der Waals surface area contributed by atoms with Crippen LogP contribution in [0.2, 0.25) is 0 Å². The fourth-order valence-corrected chi connectivity index (χ4v) is 2.15. The smallest absolute Gasteiger partial charge is 0.322 e. The first-order valence-electron chi connectivity index (χ1n) is 6.98. The van der Waals surface area contributed by atoms with E-state index in [-0.39, 0.29) is 12.5 Å². The second-order valence-electron chi connectivity index (χ2n) is 5.12. The molecule has 0 spiro atoms. The SMILES string of the molecule is CCCN(C(=O)Nc1ccc(CC(=O)O)cc1)C1CC1. The summed E-state index contributed by atoms with van der Waals surface area (Å²) < 4.78 is 0. The van der Waals surface area contributed by atoms with Crippen molar-refractivity contribution < 1.29 is 14.7 Å². The maximum Gasteiger partial charge on any atom is 0.322 e. The van der Waals surface area contributed by atoms with Crippen molar-refractivity contribution in [3.05, 3.63) is 29.8 Å². The van der Waals surface area contributed by atoms with Crippen molar-refractivity contribution >= 4 is 17.7 Å². The van der Waals surface area contributed by atoms with E-state index in [2.05, 4.69) is 12.2 Å². The number of carboxylic acids is 1. The van der Waals surface area contributed by atoms with Crippen molar-refractivity contribution in [2.24, 2.45) is 0 Å². The number of amides is 2. The number of aliphatic carboxylic acids is 1. The molecule has 1 aliphatic rings. The third kappa shape index (κ3) is 3.98. The van der Waals surface area contributed by atoms with Gasteiger partial charge in [0.2, 0.25) is 0 Å². The average molecular weight is 276 g/mol. The molecule has 2 N–H and O–H groups in total. The van der Waals surface area contributed by atoms with Crippen LogP contribution in [-0.2, 0) is 11.2 Å². The van der Waals surface area contributed by atoms with E-state index < -0.39 is 5.97 Å². The van der Waals surface area contributed by atoms with Gasteiger partial charge in [0.1, 0.15) is 0 Å². The Balaban J connectivity index is 1.94. The summed E-state index contributed by atoms with van der Waals surface area (Å²) in [6, 6.07) is 7.26. The van der Waals surface area contributed by atoms with Crippen LogP contribution in [-0.4, -0.2) is 34.6 Å². The molecule has 5 nitrogen and oxygen atoms in total. The summed E-state index contributed by atoms with van der Waals surface area (Å²) >= 11 is 0. The topological polar surface area (TPSA) is 69.6 Å². The molecular formula is C15H20N2O3. The van der Waals surface area contributed by atoms with E-state index in [0.717, 1.165) is 31.4 Å². The number of carbonyl (C=O) groups excluding carboxylic acids is 1. The molecule has 0 aromatic heterocycles. The number of nitrogens with one attached hydrogen (secondary N) is 1. The molecule has 2 rings (SSSR count). The van der Waals surface area contributed by atoms with Gasteiger partial charge in [0, 0.05) is 18.3 Å². The Kier molecular flexibility index (Phi) is 4.61. The van der Waals surface area contributed by atoms with Gasteiger partial charge in [-0.1, -0.05) is 19.1 Å². The van der Waals surface area contributed by atoms with Crippen molar-refractivity contribution in [3.63, 3.8) is 0 Å². The third-order valence-corrected chi connectivity index (χ3v) is 3.27. The van der Waals surface area contributed by atoms with Gasteiger partial charge in [-0.3, -0.25) is 4.79 Å². The summed E-state index contributed by atoms with van der Waals surface area (Å²) in [5.41, 5.74) is 1.42. The number of benzene rings is 1. The van der Waals surface area contributed by atoms with Crippen LogP contribution >= 0.6 is 0 Å². The Morgan fingerprint density at radius 2 is 1.95 bits per heavy atom. The molecule has 2 amide bonds. The van der Waals surface area contributed by atoms with E-state index in [1.165, 1.54) is 0 Å². The first-order valence-corrected chi connectivity index (χ1v) is 6.98. The van der Waals surface area contributed by atoms with E-state index in [4.69, 9.17) is 5.11 Å². The van der Waals surface area contributed by atoms with Crippen LogP contribution in [0.4, 0.5) is 10.5 Å². The lowest BCUT2D eigenvalue weighted by Crippen LogP contribution is -2.37. The number of hydrogen-bond acceptors (Lipinski definition) is 2. The van der Waals surface area contributed by atoms with Crippen LogP contribution in [0, 0.1) is 0 Å². The van der Waals surface area contributed by atoms with Gasteiger partial charge in [-0.15, -0.1) is 0 Å². The Bertz CT molecular complexity index is 480. The molecule has 0 unspecified atom stereocenters. The molecule has 0 radical (unpaired) electrons. The molecular weight excluding hydrogens is 256 g/mol. The van der Waals surface area contributed by atoms with Crippen molar-refractivity contribution in [3.8, 4) is 0 Å². The lowest BCUT2D eigenvalue weighted by Gasteiger charge is -2.22. The lowest BCUT2D eigenvalue weighted by atomic mass is 10.1. The second kappa shape index (κ2) is 6.41. The van der Waals surface area contributed by atoms with Crippen molar-refractivity contribution in [2.75, 3.05) is 11.9 Å². The van der Waals surface area contributed by atoms with Crippen LogP contribution in [0.3, 0.4) is 0 Å². The molecule has 0 saturated heterocycles. The standard InChI is InChI=1S/C15H20N2O3/c1-2-9-17(13-7-8-13)15(20)16-12-5-3-11(4-6-12)10-14(18)19/h3-6,13H,2,7-10H2,1H3,(H,16,20)(H,18,19). The summed E-state index contributed by atoms with van der Waals surface area (Å²) in [6.45, 7) is 2.83. The molecule has 0 atom stereocenters. The van der Waals surface area contributed by atoms with Gasteiger partial charge < -0.3 is 15.3 Å². The van der Waals surface area contributed by atoms with Crippen LogP contribution in [0.5, 0.6) is 0 Å². The van der Waals surface area contributed by atoms with Gasteiger partial charge in [0.05, 0.1) is 6.42 Å². The zero-order chi connectivity index (χ0) is 14.5. The highest BCUT2D eigenvalue weighted by atomic mass is 16.4. The molecule has 20 heavy (non-hydrogen) atoms. The molecule has 1 aliphatic carbocycles. The first kappa shape index (κ1) is 14.4. The maximum absolute atomic E-state index is 12.2. The third-order valence-electron chi connectivity index (χ3n) is 3.27. The van der Waals surface area contributed by atoms with Gasteiger partial charge in [-0.25, -0.2) is 4.79 Å². The van der Waals surface area contributed by atoms with Crippen molar-refractivity contribution in [2.45, 2.75) is 38.6 Å². The van der Waals surface area contributed by atoms with Gasteiger partial charge in [-0.2, -0.15) is 0 Å². The zero-order valence-corrected chi connectivity index (χ0v) is 11.6. The minimum absolute atomic E-state index is 0.00173. The predicted molar refractivity (Wildman–Crippen MR) is 76.8 cm³/mol. The fraction of sp³-hybridized carbons (Fsp3) is 0.467. The quantitative estimate of drug-likeness (QED) is 0.839. The van der Waals surface area contributed by atoms with Crippen molar-refractivity contribution in [1.29, 1.82) is 0 Å². The number of carboxylic acid groups (broad SMARTS) is 1. The lowest BCUT2D eigenvalue weighted by molar-refractivity contribution is -0.136. The average Bonchev–Trinajstić information content (AvgIpc) is 3.22. The number of rotatable bonds is 6. The van der Waals surface area contributed by atoms with Gasteiger partial charge in [0.25, 0.3) is 0 Å². The summed E-state index contributed by atoms with van der Waals surface area (Å²) in [5.74, 6) is -0.857. The highest BCUT2D eigenvalue weighted by molar-refractivity contribution is 5.89. The zero-order valence-electron chi connectivity index (χ0n) is 11.6. The van der Waals surface area contributed by atoms with Crippen LogP contribution in [0.1, 0.15) is 31.7 Å². The Labute approximate surface area is 118 Å². The molecule has 0 heterocycles. The number of hydrogen-bond donors (Lipinski definition) is 2. The summed E-state index contributed by atoms with van der Waals surface area (Å²) in [5, 5.41) is 11.6. The van der Waals surface area contributed by atoms with E-state index in [0.29, 0.717) is 11.7 Å². The van der Waals surface area contributed by atoms with E-state index >= 15 is 0 Å². The minimum atomic E-state index is -0.857. The maximum atomic E-state index is 12.2. The van der Waals surface area contributed by atoms with Crippen LogP contribution in [0.25, 0.3) is 0 Å². The normalized spacial score (nSPS) is 13.8. The van der Waals surface area contributed by atoms with E-state index in [1.54, 1.807) is 24.3 Å². The van der Waals surface area contributed by atoms with Gasteiger partial charge >= 0.3 is 12.0 Å². The molecule has 1 aromatic carbocycles. The molecule has 108 valence electrons. The summed E-state index contributed by atoms with van der Waals surface area (Å²) in [7, 11) is 0. The first-order chi connectivity index (χ1) is 9.60. The van der Waals surface area contributed by atoms with Gasteiger partial charge in [-0.05, 0) is 37.0 Å². The number of anilines is 1. The van der Waals surface area contributed by atoms with E-state index in [1.807, 2.05) is 4.90 Å². The van der Waals surface area contributed by atoms with Crippen LogP contribution < -0.4 is 5.32 Å². The molecule has 1 aromatic rings. The molecule has 0 bridgehead atoms. The Hall–Kier alpha value is -2.04. The number of urea groups is 1. The van der Waals surface area contributed by atoms with Crippen molar-refractivity contribution in [1.82, 2.24) is 4.90 Å². The fourth-order valence-electron chi connectivity index (χ4n) is 2.15. The highest BCUT2D eigenvalue weighted by Crippen LogP contribution is 2.27. The second-order valence-corrected chi connectivity index (χ2v) is 5.12. The minimum Gasteiger partial charge on any atom is -0.481 e. The molecule has 1 saturated carbocycles. The Morgan fingerprint density at radius 1 is 1.30 bits per heavy atom. The summed E-state index contributed by atoms with van der Waals surface area (Å²) in [6.07, 6.45) is 3.12. The molecule has 5 heteroatoms. The van der Waals surface area contributed by atoms with Gasteiger partial charge in [0.15, 0.2) is 0 Å².